The zero-order valence-corrected chi connectivity index (χ0v) is 11.6. The van der Waals surface area contributed by atoms with E-state index < -0.39 is 21.2 Å². The first-order valence-electron chi connectivity index (χ1n) is 6.50. The Morgan fingerprint density at radius 3 is 2.04 bits per heavy atom. The maximum atomic E-state index is 10.9. The highest BCUT2D eigenvalue weighted by Crippen LogP contribution is 2.30. The van der Waals surface area contributed by atoms with Crippen LogP contribution in [0.5, 0.6) is 0 Å². The van der Waals surface area contributed by atoms with Crippen LogP contribution in [0, 0.1) is 20.2 Å². The molecule has 2 aromatic carbocycles. The molecule has 0 fully saturated rings. The second-order valence-electron chi connectivity index (χ2n) is 4.66. The average Bonchev–Trinajstić information content (AvgIpc) is 3.05. The van der Waals surface area contributed by atoms with Crippen molar-refractivity contribution >= 4 is 11.4 Å². The van der Waals surface area contributed by atoms with Crippen molar-refractivity contribution in [3.05, 3.63) is 75.0 Å². The molecule has 0 aliphatic rings. The lowest BCUT2D eigenvalue weighted by Gasteiger charge is -1.98. The lowest BCUT2D eigenvalue weighted by Crippen LogP contribution is -1.94. The zero-order valence-electron chi connectivity index (χ0n) is 11.6. The van der Waals surface area contributed by atoms with Gasteiger partial charge in [-0.25, -0.2) is 4.98 Å². The van der Waals surface area contributed by atoms with E-state index in [2.05, 4.69) is 4.98 Å². The summed E-state index contributed by atoms with van der Waals surface area (Å²) in [5.41, 5.74) is 0.729. The summed E-state index contributed by atoms with van der Waals surface area (Å²) >= 11 is 0. The Labute approximate surface area is 129 Å². The normalized spacial score (nSPS) is 10.4. The molecule has 0 aliphatic heterocycles. The third kappa shape index (κ3) is 2.91. The number of nitrogens with zero attached hydrogens (tertiary/aromatic N) is 3. The molecule has 0 radical (unpaired) electrons. The first-order valence-corrected chi connectivity index (χ1v) is 6.50. The highest BCUT2D eigenvalue weighted by molar-refractivity contribution is 5.66. The summed E-state index contributed by atoms with van der Waals surface area (Å²) in [5.74, 6) is 0.0793. The molecule has 0 aliphatic carbocycles. The minimum absolute atomic E-state index is 0.0793. The van der Waals surface area contributed by atoms with Crippen molar-refractivity contribution in [2.45, 2.75) is 0 Å². The van der Waals surface area contributed by atoms with Crippen LogP contribution in [0.4, 0.5) is 11.4 Å². The fraction of sp³-hybridized carbons (Fsp3) is 0. The summed E-state index contributed by atoms with van der Waals surface area (Å²) < 4.78 is 5.32. The molecule has 0 saturated carbocycles. The van der Waals surface area contributed by atoms with Gasteiger partial charge in [-0.2, -0.15) is 0 Å². The Kier molecular flexibility index (Phi) is 3.55. The first kappa shape index (κ1) is 14.4. The average molecular weight is 311 g/mol. The number of non-ortho nitro benzene ring substituents is 2. The number of benzene rings is 2. The van der Waals surface area contributed by atoms with E-state index in [1.165, 1.54) is 18.4 Å². The number of nitro benzene ring substituents is 2. The third-order valence-electron chi connectivity index (χ3n) is 3.14. The van der Waals surface area contributed by atoms with E-state index in [1.54, 1.807) is 0 Å². The molecule has 0 bridgehead atoms. The van der Waals surface area contributed by atoms with Crippen LogP contribution in [0.25, 0.3) is 22.7 Å². The maximum absolute atomic E-state index is 10.9. The molecule has 0 amide bonds. The van der Waals surface area contributed by atoms with Gasteiger partial charge in [-0.1, -0.05) is 30.3 Å². The Hall–Kier alpha value is -3.55. The van der Waals surface area contributed by atoms with Crippen LogP contribution in [0.3, 0.4) is 0 Å². The lowest BCUT2D eigenvalue weighted by molar-refractivity contribution is -0.394. The first-order chi connectivity index (χ1) is 11.0. The van der Waals surface area contributed by atoms with Gasteiger partial charge < -0.3 is 4.42 Å². The van der Waals surface area contributed by atoms with Crippen LogP contribution in [0.1, 0.15) is 0 Å². The molecule has 1 aromatic heterocycles. The lowest BCUT2D eigenvalue weighted by atomic mass is 10.1. The molecule has 3 aromatic rings. The van der Waals surface area contributed by atoms with Gasteiger partial charge in [-0.05, 0) is 0 Å². The molecular formula is C15H9N3O5. The van der Waals surface area contributed by atoms with E-state index in [1.807, 2.05) is 30.3 Å². The van der Waals surface area contributed by atoms with E-state index >= 15 is 0 Å². The van der Waals surface area contributed by atoms with E-state index in [0.717, 1.165) is 11.6 Å². The topological polar surface area (TPSA) is 112 Å². The molecule has 23 heavy (non-hydrogen) atoms. The van der Waals surface area contributed by atoms with Gasteiger partial charge in [0.05, 0.1) is 21.5 Å². The van der Waals surface area contributed by atoms with Crippen LogP contribution in [-0.2, 0) is 0 Å². The van der Waals surface area contributed by atoms with Crippen molar-refractivity contribution < 1.29 is 14.3 Å². The van der Waals surface area contributed by atoms with Crippen LogP contribution >= 0.6 is 0 Å². The molecule has 0 unspecified atom stereocenters. The molecule has 8 nitrogen and oxygen atoms in total. The molecule has 0 N–H and O–H groups in total. The summed E-state index contributed by atoms with van der Waals surface area (Å²) in [6.45, 7) is 0. The number of aromatic nitrogens is 1. The Morgan fingerprint density at radius 2 is 1.48 bits per heavy atom. The van der Waals surface area contributed by atoms with Gasteiger partial charge in [0.15, 0.2) is 0 Å². The largest absolute Gasteiger partial charge is 0.444 e. The van der Waals surface area contributed by atoms with E-state index in [4.69, 9.17) is 4.42 Å². The summed E-state index contributed by atoms with van der Waals surface area (Å²) in [7, 11) is 0. The van der Waals surface area contributed by atoms with Gasteiger partial charge >= 0.3 is 0 Å². The van der Waals surface area contributed by atoms with Crippen molar-refractivity contribution in [3.8, 4) is 22.7 Å². The van der Waals surface area contributed by atoms with Crippen LogP contribution in [0.2, 0.25) is 0 Å². The third-order valence-corrected chi connectivity index (χ3v) is 3.14. The monoisotopic (exact) mass is 311 g/mol. The molecule has 0 saturated heterocycles. The quantitative estimate of drug-likeness (QED) is 0.534. The van der Waals surface area contributed by atoms with Crippen LogP contribution in [0.15, 0.2) is 59.2 Å². The molecular weight excluding hydrogens is 302 g/mol. The predicted octanol–water partition coefficient (Wildman–Crippen LogP) is 3.83. The molecule has 0 spiro atoms. The summed E-state index contributed by atoms with van der Waals surface area (Å²) in [4.78, 5) is 24.7. The van der Waals surface area contributed by atoms with Crippen LogP contribution < -0.4 is 0 Å². The van der Waals surface area contributed by atoms with Gasteiger partial charge in [0, 0.05) is 17.7 Å². The molecule has 114 valence electrons. The summed E-state index contributed by atoms with van der Waals surface area (Å²) in [6.07, 6.45) is 1.40. The number of hydrogen-bond acceptors (Lipinski definition) is 6. The fourth-order valence-corrected chi connectivity index (χ4v) is 2.08. The number of oxazole rings is 1. The van der Waals surface area contributed by atoms with Gasteiger partial charge in [-0.15, -0.1) is 0 Å². The van der Waals surface area contributed by atoms with E-state index in [-0.39, 0.29) is 11.5 Å². The molecule has 1 heterocycles. The van der Waals surface area contributed by atoms with Gasteiger partial charge in [0.2, 0.25) is 5.89 Å². The van der Waals surface area contributed by atoms with E-state index in [9.17, 15) is 20.2 Å². The second-order valence-corrected chi connectivity index (χ2v) is 4.66. The van der Waals surface area contributed by atoms with Crippen molar-refractivity contribution in [2.24, 2.45) is 0 Å². The summed E-state index contributed by atoms with van der Waals surface area (Å²) in [6, 6.07) is 12.5. The SMILES string of the molecule is O=[N+]([O-])c1cc(-c2nc(-c3ccccc3)co2)cc([N+](=O)[O-])c1. The Bertz CT molecular complexity index is 857. The minimum Gasteiger partial charge on any atom is -0.444 e. The van der Waals surface area contributed by atoms with Crippen molar-refractivity contribution in [1.29, 1.82) is 0 Å². The minimum atomic E-state index is -0.697. The number of hydrogen-bond donors (Lipinski definition) is 0. The van der Waals surface area contributed by atoms with Crippen molar-refractivity contribution in [1.82, 2.24) is 4.98 Å². The van der Waals surface area contributed by atoms with Gasteiger partial charge in [-0.3, -0.25) is 20.2 Å². The fourth-order valence-electron chi connectivity index (χ4n) is 2.08. The van der Waals surface area contributed by atoms with E-state index in [0.29, 0.717) is 5.69 Å². The maximum Gasteiger partial charge on any atom is 0.277 e. The molecule has 8 heteroatoms. The molecule has 0 atom stereocenters. The Balaban J connectivity index is 2.07. The smallest absolute Gasteiger partial charge is 0.277 e. The van der Waals surface area contributed by atoms with Crippen molar-refractivity contribution in [3.63, 3.8) is 0 Å². The highest BCUT2D eigenvalue weighted by Gasteiger charge is 2.19. The zero-order chi connectivity index (χ0) is 16.4. The standard InChI is InChI=1S/C15H9N3O5/c19-17(20)12-6-11(7-13(8-12)18(21)22)15-16-14(9-23-15)10-4-2-1-3-5-10/h1-9H. The van der Waals surface area contributed by atoms with Crippen molar-refractivity contribution in [2.75, 3.05) is 0 Å². The predicted molar refractivity (Wildman–Crippen MR) is 80.7 cm³/mol. The van der Waals surface area contributed by atoms with Crippen LogP contribution in [-0.4, -0.2) is 14.8 Å². The second kappa shape index (κ2) is 5.68. The number of nitro groups is 2. The molecule has 3 rings (SSSR count). The number of rotatable bonds is 4. The Morgan fingerprint density at radius 1 is 0.870 bits per heavy atom. The summed E-state index contributed by atoms with van der Waals surface area (Å²) in [5, 5.41) is 21.8. The highest BCUT2D eigenvalue weighted by atomic mass is 16.6. The van der Waals surface area contributed by atoms with Gasteiger partial charge in [0.1, 0.15) is 12.0 Å². The van der Waals surface area contributed by atoms with Gasteiger partial charge in [0.25, 0.3) is 11.4 Å².